The van der Waals surface area contributed by atoms with Crippen LogP contribution >= 0.6 is 0 Å². The highest BCUT2D eigenvalue weighted by molar-refractivity contribution is 7.01. The Labute approximate surface area is 134 Å². The molecule has 1 aliphatic rings. The number of aliphatic hydroxyl groups excluding tert-OH is 1. The second-order valence-electron chi connectivity index (χ2n) is 6.54. The fraction of sp³-hybridized carbons (Fsp3) is 0.368. The molecule has 0 saturated carbocycles. The number of rotatable bonds is 5. The summed E-state index contributed by atoms with van der Waals surface area (Å²) in [6.07, 6.45) is 2.01. The van der Waals surface area contributed by atoms with Crippen molar-refractivity contribution in [2.45, 2.75) is 37.6 Å². The lowest BCUT2D eigenvalue weighted by Crippen LogP contribution is -2.58. The average molecular weight is 312 g/mol. The van der Waals surface area contributed by atoms with Gasteiger partial charge in [0, 0.05) is 6.04 Å². The lowest BCUT2D eigenvalue weighted by Gasteiger charge is -2.33. The second-order valence-corrected chi connectivity index (χ2v) is 10.8. The third kappa shape index (κ3) is 3.17. The van der Waals surface area contributed by atoms with E-state index in [1.54, 1.807) is 0 Å². The van der Waals surface area contributed by atoms with Crippen molar-refractivity contribution >= 4 is 18.4 Å². The predicted octanol–water partition coefficient (Wildman–Crippen LogP) is 1.99. The molecule has 2 aromatic carbocycles. The molecule has 1 unspecified atom stereocenters. The van der Waals surface area contributed by atoms with Gasteiger partial charge in [0.15, 0.2) is 0 Å². The first kappa shape index (κ1) is 15.5. The molecule has 2 atom stereocenters. The van der Waals surface area contributed by atoms with Crippen molar-refractivity contribution in [2.75, 3.05) is 6.54 Å². The highest BCUT2D eigenvalue weighted by Crippen LogP contribution is 2.20. The zero-order valence-corrected chi connectivity index (χ0v) is 14.2. The van der Waals surface area contributed by atoms with Gasteiger partial charge >= 0.3 is 0 Å². The van der Waals surface area contributed by atoms with Crippen molar-refractivity contribution in [2.24, 2.45) is 0 Å². The SMILES string of the molecule is C[Si](CC(O)[C@@H]1CCCN1)(c1ccccc1)c1ccccc1. The normalized spacial score (nSPS) is 20.0. The van der Waals surface area contributed by atoms with Crippen LogP contribution in [0.1, 0.15) is 12.8 Å². The molecular formula is C19H25NOSi. The molecule has 0 amide bonds. The Morgan fingerprint density at radius 1 is 1.05 bits per heavy atom. The van der Waals surface area contributed by atoms with Crippen molar-refractivity contribution in [3.05, 3.63) is 60.7 Å². The predicted molar refractivity (Wildman–Crippen MR) is 95.6 cm³/mol. The third-order valence-corrected chi connectivity index (χ3v) is 9.45. The third-order valence-electron chi connectivity index (χ3n) is 5.00. The summed E-state index contributed by atoms with van der Waals surface area (Å²) < 4.78 is 0. The largest absolute Gasteiger partial charge is 0.392 e. The van der Waals surface area contributed by atoms with Crippen LogP contribution in [0.3, 0.4) is 0 Å². The molecule has 1 saturated heterocycles. The van der Waals surface area contributed by atoms with Crippen LogP contribution in [-0.2, 0) is 0 Å². The van der Waals surface area contributed by atoms with E-state index in [2.05, 4.69) is 72.5 Å². The fourth-order valence-electron chi connectivity index (χ4n) is 3.61. The first-order valence-corrected chi connectivity index (χ1v) is 10.9. The van der Waals surface area contributed by atoms with E-state index >= 15 is 0 Å². The van der Waals surface area contributed by atoms with Gasteiger partial charge in [-0.2, -0.15) is 0 Å². The number of nitrogens with one attached hydrogen (secondary N) is 1. The van der Waals surface area contributed by atoms with Gasteiger partial charge < -0.3 is 10.4 Å². The van der Waals surface area contributed by atoms with Crippen molar-refractivity contribution in [1.29, 1.82) is 0 Å². The Balaban J connectivity index is 1.93. The molecule has 0 radical (unpaired) electrons. The standard InChI is InChI=1S/C19H25NOSi/c1-22(16-9-4-2-5-10-16,17-11-6-3-7-12-17)15-19(21)18-13-8-14-20-18/h2-7,9-12,18-21H,8,13-15H2,1H3/t18-,19?/m0/s1. The van der Waals surface area contributed by atoms with E-state index in [0.29, 0.717) is 0 Å². The Kier molecular flexibility index (Phi) is 4.77. The summed E-state index contributed by atoms with van der Waals surface area (Å²) in [5.41, 5.74) is 0. The van der Waals surface area contributed by atoms with E-state index in [1.807, 2.05) is 0 Å². The van der Waals surface area contributed by atoms with E-state index in [1.165, 1.54) is 16.8 Å². The topological polar surface area (TPSA) is 32.3 Å². The van der Waals surface area contributed by atoms with Crippen LogP contribution < -0.4 is 15.7 Å². The lowest BCUT2D eigenvalue weighted by molar-refractivity contribution is 0.153. The summed E-state index contributed by atoms with van der Waals surface area (Å²) in [5.74, 6) is 0. The van der Waals surface area contributed by atoms with Gasteiger partial charge in [-0.25, -0.2) is 0 Å². The van der Waals surface area contributed by atoms with Gasteiger partial charge in [0.2, 0.25) is 0 Å². The van der Waals surface area contributed by atoms with Crippen molar-refractivity contribution in [3.63, 3.8) is 0 Å². The summed E-state index contributed by atoms with van der Waals surface area (Å²) in [7, 11) is -1.92. The molecule has 3 heteroatoms. The Morgan fingerprint density at radius 2 is 1.59 bits per heavy atom. The van der Waals surface area contributed by atoms with E-state index in [-0.39, 0.29) is 12.1 Å². The van der Waals surface area contributed by atoms with Crippen LogP contribution in [0.2, 0.25) is 12.6 Å². The molecule has 1 heterocycles. The van der Waals surface area contributed by atoms with E-state index in [0.717, 1.165) is 19.0 Å². The van der Waals surface area contributed by atoms with Gasteiger partial charge in [-0.1, -0.05) is 77.6 Å². The van der Waals surface area contributed by atoms with E-state index in [9.17, 15) is 5.11 Å². The van der Waals surface area contributed by atoms with Gasteiger partial charge in [-0.3, -0.25) is 0 Å². The molecule has 1 aliphatic heterocycles. The van der Waals surface area contributed by atoms with Crippen LogP contribution in [0.15, 0.2) is 60.7 Å². The summed E-state index contributed by atoms with van der Waals surface area (Å²) in [6.45, 7) is 3.42. The zero-order chi connectivity index (χ0) is 15.4. The zero-order valence-electron chi connectivity index (χ0n) is 13.2. The first-order valence-electron chi connectivity index (χ1n) is 8.23. The highest BCUT2D eigenvalue weighted by Gasteiger charge is 2.36. The van der Waals surface area contributed by atoms with Crippen molar-refractivity contribution < 1.29 is 5.11 Å². The van der Waals surface area contributed by atoms with Crippen LogP contribution in [0.25, 0.3) is 0 Å². The number of aliphatic hydroxyl groups is 1. The van der Waals surface area contributed by atoms with E-state index < -0.39 is 8.07 Å². The Bertz CT molecular complexity index is 541. The second kappa shape index (κ2) is 6.78. The van der Waals surface area contributed by atoms with Crippen molar-refractivity contribution in [3.8, 4) is 0 Å². The number of benzene rings is 2. The highest BCUT2D eigenvalue weighted by atomic mass is 28.3. The van der Waals surface area contributed by atoms with Gasteiger partial charge in [0.25, 0.3) is 0 Å². The molecule has 116 valence electrons. The minimum atomic E-state index is -1.92. The molecule has 2 nitrogen and oxygen atoms in total. The molecule has 0 bridgehead atoms. The fourth-order valence-corrected chi connectivity index (χ4v) is 7.40. The first-order chi connectivity index (χ1) is 10.7. The maximum atomic E-state index is 10.8. The smallest absolute Gasteiger partial charge is 0.117 e. The van der Waals surface area contributed by atoms with Gasteiger partial charge in [-0.15, -0.1) is 0 Å². The molecule has 0 aliphatic carbocycles. The van der Waals surface area contributed by atoms with Crippen LogP contribution in [-0.4, -0.2) is 31.9 Å². The van der Waals surface area contributed by atoms with Gasteiger partial charge in [0.1, 0.15) is 8.07 Å². The van der Waals surface area contributed by atoms with Crippen LogP contribution in [0.5, 0.6) is 0 Å². The minimum absolute atomic E-state index is 0.263. The molecule has 22 heavy (non-hydrogen) atoms. The maximum Gasteiger partial charge on any atom is 0.117 e. The lowest BCUT2D eigenvalue weighted by atomic mass is 10.1. The minimum Gasteiger partial charge on any atom is -0.392 e. The molecule has 2 aromatic rings. The summed E-state index contributed by atoms with van der Waals surface area (Å²) in [5, 5.41) is 17.0. The van der Waals surface area contributed by atoms with Crippen LogP contribution in [0, 0.1) is 0 Å². The van der Waals surface area contributed by atoms with Crippen LogP contribution in [0.4, 0.5) is 0 Å². The monoisotopic (exact) mass is 311 g/mol. The van der Waals surface area contributed by atoms with E-state index in [4.69, 9.17) is 0 Å². The Morgan fingerprint density at radius 3 is 2.05 bits per heavy atom. The summed E-state index contributed by atoms with van der Waals surface area (Å²) in [4.78, 5) is 0. The summed E-state index contributed by atoms with van der Waals surface area (Å²) in [6, 6.07) is 22.7. The molecule has 0 aromatic heterocycles. The molecule has 3 rings (SSSR count). The molecule has 1 fully saturated rings. The van der Waals surface area contributed by atoms with Gasteiger partial charge in [-0.05, 0) is 25.4 Å². The molecular weight excluding hydrogens is 286 g/mol. The average Bonchev–Trinajstić information content (AvgIpc) is 3.11. The molecule has 0 spiro atoms. The quantitative estimate of drug-likeness (QED) is 0.828. The maximum absolute atomic E-state index is 10.8. The number of hydrogen-bond donors (Lipinski definition) is 2. The van der Waals surface area contributed by atoms with Crippen molar-refractivity contribution in [1.82, 2.24) is 5.32 Å². The van der Waals surface area contributed by atoms with Gasteiger partial charge in [0.05, 0.1) is 6.10 Å². The Hall–Kier alpha value is -1.42. The summed E-state index contributed by atoms with van der Waals surface area (Å²) >= 11 is 0. The number of hydrogen-bond acceptors (Lipinski definition) is 2. The molecule has 2 N–H and O–H groups in total.